The van der Waals surface area contributed by atoms with E-state index in [2.05, 4.69) is 5.32 Å². The molecule has 112 valence electrons. The second kappa shape index (κ2) is 7.81. The third kappa shape index (κ3) is 5.14. The fourth-order valence-corrected chi connectivity index (χ4v) is 1.82. The van der Waals surface area contributed by atoms with Gasteiger partial charge in [-0.1, -0.05) is 13.8 Å². The van der Waals surface area contributed by atoms with E-state index in [1.807, 2.05) is 13.8 Å². The Morgan fingerprint density at radius 2 is 2.15 bits per heavy atom. The van der Waals surface area contributed by atoms with Crippen molar-refractivity contribution < 1.29 is 9.53 Å². The molecule has 1 unspecified atom stereocenters. The summed E-state index contributed by atoms with van der Waals surface area (Å²) in [5.41, 5.74) is 6.24. The van der Waals surface area contributed by atoms with Gasteiger partial charge in [0, 0.05) is 25.9 Å². The van der Waals surface area contributed by atoms with Crippen LogP contribution in [0.15, 0.2) is 23.1 Å². The molecule has 0 aliphatic rings. The molecule has 20 heavy (non-hydrogen) atoms. The zero-order valence-electron chi connectivity index (χ0n) is 12.3. The average Bonchev–Trinajstić information content (AvgIpc) is 2.38. The minimum atomic E-state index is -0.547. The molecule has 1 aromatic rings. The van der Waals surface area contributed by atoms with E-state index in [1.165, 1.54) is 10.6 Å². The van der Waals surface area contributed by atoms with E-state index < -0.39 is 6.04 Å². The molecule has 1 atom stereocenters. The predicted molar refractivity (Wildman–Crippen MR) is 78.6 cm³/mol. The van der Waals surface area contributed by atoms with Gasteiger partial charge in [0.25, 0.3) is 5.56 Å². The lowest BCUT2D eigenvalue weighted by atomic mass is 10.0. The first kappa shape index (κ1) is 16.4. The molecule has 6 heteroatoms. The van der Waals surface area contributed by atoms with Gasteiger partial charge in [-0.15, -0.1) is 0 Å². The van der Waals surface area contributed by atoms with Crippen LogP contribution in [0.2, 0.25) is 0 Å². The maximum absolute atomic E-state index is 11.9. The largest absolute Gasteiger partial charge is 0.383 e. The van der Waals surface area contributed by atoms with Crippen LogP contribution >= 0.6 is 0 Å². The van der Waals surface area contributed by atoms with E-state index in [1.54, 1.807) is 19.4 Å². The molecule has 0 spiro atoms. The number of rotatable bonds is 7. The number of hydrogen-bond acceptors (Lipinski definition) is 4. The lowest BCUT2D eigenvalue weighted by Gasteiger charge is -2.15. The van der Waals surface area contributed by atoms with Crippen LogP contribution in [0.3, 0.4) is 0 Å². The smallest absolute Gasteiger partial charge is 0.250 e. The molecule has 1 rings (SSSR count). The number of carbonyl (C=O) groups is 1. The molecule has 1 amide bonds. The Morgan fingerprint density at radius 3 is 2.75 bits per heavy atom. The second-order valence-corrected chi connectivity index (χ2v) is 5.17. The zero-order valence-corrected chi connectivity index (χ0v) is 12.3. The van der Waals surface area contributed by atoms with Gasteiger partial charge in [-0.3, -0.25) is 9.59 Å². The third-order valence-corrected chi connectivity index (χ3v) is 2.85. The van der Waals surface area contributed by atoms with Crippen molar-refractivity contribution >= 4 is 11.6 Å². The first-order chi connectivity index (χ1) is 9.43. The number of nitrogens with one attached hydrogen (secondary N) is 1. The first-order valence-corrected chi connectivity index (χ1v) is 6.70. The first-order valence-electron chi connectivity index (χ1n) is 6.70. The molecule has 0 aromatic carbocycles. The molecule has 0 bridgehead atoms. The molecule has 0 fully saturated rings. The molecular formula is C14H23N3O3. The van der Waals surface area contributed by atoms with Gasteiger partial charge < -0.3 is 20.4 Å². The minimum Gasteiger partial charge on any atom is -0.383 e. The number of aromatic nitrogens is 1. The van der Waals surface area contributed by atoms with E-state index in [9.17, 15) is 9.59 Å². The van der Waals surface area contributed by atoms with Crippen LogP contribution < -0.4 is 16.6 Å². The van der Waals surface area contributed by atoms with Crippen LogP contribution in [0.1, 0.15) is 20.3 Å². The van der Waals surface area contributed by atoms with Gasteiger partial charge in [-0.25, -0.2) is 0 Å². The summed E-state index contributed by atoms with van der Waals surface area (Å²) >= 11 is 0. The summed E-state index contributed by atoms with van der Waals surface area (Å²) in [6.07, 6.45) is 2.22. The molecule has 0 aliphatic carbocycles. The topological polar surface area (TPSA) is 86.3 Å². The minimum absolute atomic E-state index is 0.133. The van der Waals surface area contributed by atoms with E-state index in [-0.39, 0.29) is 11.5 Å². The Labute approximate surface area is 118 Å². The van der Waals surface area contributed by atoms with Gasteiger partial charge in [-0.05, 0) is 18.4 Å². The fourth-order valence-electron chi connectivity index (χ4n) is 1.82. The number of nitrogens with zero attached hydrogens (tertiary/aromatic N) is 1. The summed E-state index contributed by atoms with van der Waals surface area (Å²) in [6.45, 7) is 4.90. The molecule has 1 heterocycles. The van der Waals surface area contributed by atoms with E-state index in [4.69, 9.17) is 10.5 Å². The molecule has 0 radical (unpaired) electrons. The lowest BCUT2D eigenvalue weighted by Crippen LogP contribution is -2.37. The molecule has 0 saturated heterocycles. The Balaban J connectivity index is 2.72. The van der Waals surface area contributed by atoms with Gasteiger partial charge in [-0.2, -0.15) is 0 Å². The number of pyridine rings is 1. The quantitative estimate of drug-likeness (QED) is 0.774. The summed E-state index contributed by atoms with van der Waals surface area (Å²) in [5, 5.41) is 2.73. The third-order valence-electron chi connectivity index (χ3n) is 2.85. The Morgan fingerprint density at radius 1 is 1.45 bits per heavy atom. The number of hydrogen-bond donors (Lipinski definition) is 2. The summed E-state index contributed by atoms with van der Waals surface area (Å²) in [7, 11) is 1.57. The predicted octanol–water partition coefficient (Wildman–Crippen LogP) is 0.807. The highest BCUT2D eigenvalue weighted by Crippen LogP contribution is 2.07. The molecule has 0 saturated carbocycles. The van der Waals surface area contributed by atoms with Gasteiger partial charge in [0.05, 0.1) is 18.3 Å². The van der Waals surface area contributed by atoms with Crippen LogP contribution in [0.5, 0.6) is 0 Å². The number of anilines is 1. The van der Waals surface area contributed by atoms with Crippen molar-refractivity contribution in [1.82, 2.24) is 4.57 Å². The maximum atomic E-state index is 11.9. The van der Waals surface area contributed by atoms with Crippen LogP contribution in [-0.4, -0.2) is 30.2 Å². The summed E-state index contributed by atoms with van der Waals surface area (Å²) in [4.78, 5) is 23.5. The monoisotopic (exact) mass is 281 g/mol. The fraction of sp³-hybridized carbons (Fsp3) is 0.571. The standard InChI is InChI=1S/C14H23N3O3/c1-10(2)8-12(15)14(19)16-11-4-5-13(18)17(9-11)6-7-20-3/h4-5,9-10,12H,6-8,15H2,1-3H3,(H,16,19). The summed E-state index contributed by atoms with van der Waals surface area (Å²) in [6, 6.07) is 2.44. The van der Waals surface area contributed by atoms with Gasteiger partial charge >= 0.3 is 0 Å². The average molecular weight is 281 g/mol. The molecule has 6 nitrogen and oxygen atoms in total. The number of ether oxygens (including phenoxy) is 1. The Kier molecular flexibility index (Phi) is 6.41. The SMILES string of the molecule is COCCn1cc(NC(=O)C(N)CC(C)C)ccc1=O. The van der Waals surface area contributed by atoms with Gasteiger partial charge in [0.2, 0.25) is 5.91 Å². The van der Waals surface area contributed by atoms with E-state index in [0.717, 1.165) is 0 Å². The maximum Gasteiger partial charge on any atom is 0.250 e. The van der Waals surface area contributed by atoms with Crippen LogP contribution in [0.25, 0.3) is 0 Å². The van der Waals surface area contributed by atoms with Crippen molar-refractivity contribution in [2.45, 2.75) is 32.9 Å². The molecule has 3 N–H and O–H groups in total. The number of carbonyl (C=O) groups excluding carboxylic acids is 1. The Hall–Kier alpha value is -1.66. The zero-order chi connectivity index (χ0) is 15.1. The number of methoxy groups -OCH3 is 1. The summed E-state index contributed by atoms with van der Waals surface area (Å²) in [5.74, 6) is 0.113. The summed E-state index contributed by atoms with van der Waals surface area (Å²) < 4.78 is 6.43. The van der Waals surface area contributed by atoms with Gasteiger partial charge in [0.1, 0.15) is 0 Å². The van der Waals surface area contributed by atoms with Crippen molar-refractivity contribution in [3.8, 4) is 0 Å². The highest BCUT2D eigenvalue weighted by Gasteiger charge is 2.15. The van der Waals surface area contributed by atoms with Gasteiger partial charge in [0.15, 0.2) is 0 Å². The van der Waals surface area contributed by atoms with Crippen molar-refractivity contribution in [2.75, 3.05) is 19.0 Å². The second-order valence-electron chi connectivity index (χ2n) is 5.17. The van der Waals surface area contributed by atoms with Crippen molar-refractivity contribution in [3.63, 3.8) is 0 Å². The normalized spacial score (nSPS) is 12.4. The van der Waals surface area contributed by atoms with Crippen molar-refractivity contribution in [2.24, 2.45) is 11.7 Å². The molecule has 1 aromatic heterocycles. The highest BCUT2D eigenvalue weighted by atomic mass is 16.5. The van der Waals surface area contributed by atoms with E-state index >= 15 is 0 Å². The van der Waals surface area contributed by atoms with Crippen LogP contribution in [0, 0.1) is 5.92 Å². The number of nitrogens with two attached hydrogens (primary N) is 1. The molecular weight excluding hydrogens is 258 g/mol. The van der Waals surface area contributed by atoms with E-state index in [0.29, 0.717) is 31.2 Å². The van der Waals surface area contributed by atoms with Crippen LogP contribution in [0.4, 0.5) is 5.69 Å². The van der Waals surface area contributed by atoms with Crippen molar-refractivity contribution in [1.29, 1.82) is 0 Å². The highest BCUT2D eigenvalue weighted by molar-refractivity contribution is 5.94. The lowest BCUT2D eigenvalue weighted by molar-refractivity contribution is -0.117. The molecule has 0 aliphatic heterocycles. The van der Waals surface area contributed by atoms with Crippen molar-refractivity contribution in [3.05, 3.63) is 28.7 Å². The Bertz CT molecular complexity index is 497. The van der Waals surface area contributed by atoms with Crippen LogP contribution in [-0.2, 0) is 16.1 Å². The number of amides is 1.